The molecule has 1 fully saturated rings. The molecule has 2 unspecified atom stereocenters. The molecule has 68 valence electrons. The molecular weight excluding hydrogens is 156 g/mol. The summed E-state index contributed by atoms with van der Waals surface area (Å²) in [5, 5.41) is 0. The Hall–Kier alpha value is 0.150. The summed E-state index contributed by atoms with van der Waals surface area (Å²) in [6.45, 7) is 6.20. The molecule has 0 aromatic carbocycles. The van der Waals surface area contributed by atoms with Crippen molar-refractivity contribution in [3.63, 3.8) is 0 Å². The van der Waals surface area contributed by atoms with Crippen LogP contribution in [-0.2, 0) is 10.8 Å². The van der Waals surface area contributed by atoms with Crippen molar-refractivity contribution >= 4 is 10.8 Å². The number of rotatable bonds is 2. The Morgan fingerprint density at radius 1 is 1.45 bits per heavy atom. The first-order chi connectivity index (χ1) is 5.33. The molecule has 0 radical (unpaired) electrons. The van der Waals surface area contributed by atoms with Gasteiger partial charge in [-0.05, 0) is 18.8 Å². The third-order valence-corrected chi connectivity index (χ3v) is 3.41. The van der Waals surface area contributed by atoms with E-state index in [-0.39, 0.29) is 0 Å². The summed E-state index contributed by atoms with van der Waals surface area (Å²) < 4.78 is 10.8. The lowest BCUT2D eigenvalue weighted by Crippen LogP contribution is -1.98. The average Bonchev–Trinajstić information content (AvgIpc) is 2.41. The molecule has 0 N–H and O–H groups in total. The zero-order valence-electron chi connectivity index (χ0n) is 7.93. The fraction of sp³-hybridized carbons (Fsp3) is 1.00. The van der Waals surface area contributed by atoms with Crippen molar-refractivity contribution in [3.05, 3.63) is 0 Å². The Bertz CT molecular complexity index is 112. The summed E-state index contributed by atoms with van der Waals surface area (Å²) in [4.78, 5) is 0. The Morgan fingerprint density at radius 3 is 2.45 bits per heavy atom. The standard InChI is InChI=1S/C7H14OS.C2H6/c1-2-3-7-4-5-9(8)6-7;1-2/h7H,2-6H2,1H3;1-2H3. The predicted molar refractivity (Wildman–Crippen MR) is 52.2 cm³/mol. The maximum absolute atomic E-state index is 10.8. The van der Waals surface area contributed by atoms with Gasteiger partial charge >= 0.3 is 0 Å². The molecule has 0 aromatic heterocycles. The third kappa shape index (κ3) is 4.57. The molecule has 0 amide bonds. The van der Waals surface area contributed by atoms with Crippen molar-refractivity contribution in [2.75, 3.05) is 11.5 Å². The van der Waals surface area contributed by atoms with Crippen LogP contribution >= 0.6 is 0 Å². The lowest BCUT2D eigenvalue weighted by molar-refractivity contribution is 0.537. The molecule has 1 saturated heterocycles. The zero-order valence-corrected chi connectivity index (χ0v) is 8.75. The Balaban J connectivity index is 0.000000461. The Labute approximate surface area is 73.0 Å². The van der Waals surface area contributed by atoms with E-state index >= 15 is 0 Å². The fourth-order valence-corrected chi connectivity index (χ4v) is 2.99. The van der Waals surface area contributed by atoms with Crippen molar-refractivity contribution in [1.29, 1.82) is 0 Å². The third-order valence-electron chi connectivity index (χ3n) is 1.87. The van der Waals surface area contributed by atoms with Gasteiger partial charge in [0.15, 0.2) is 0 Å². The maximum Gasteiger partial charge on any atom is 0.0263 e. The highest BCUT2D eigenvalue weighted by Gasteiger charge is 2.19. The van der Waals surface area contributed by atoms with Gasteiger partial charge < -0.3 is 0 Å². The quantitative estimate of drug-likeness (QED) is 0.632. The van der Waals surface area contributed by atoms with Crippen molar-refractivity contribution < 1.29 is 4.21 Å². The molecule has 2 heteroatoms. The Morgan fingerprint density at radius 2 is 2.09 bits per heavy atom. The largest absolute Gasteiger partial charge is 0.260 e. The van der Waals surface area contributed by atoms with Crippen LogP contribution in [0.4, 0.5) is 0 Å². The van der Waals surface area contributed by atoms with E-state index in [1.807, 2.05) is 13.8 Å². The lowest BCUT2D eigenvalue weighted by Gasteiger charge is -2.02. The first-order valence-electron chi connectivity index (χ1n) is 4.68. The van der Waals surface area contributed by atoms with Crippen molar-refractivity contribution in [3.8, 4) is 0 Å². The van der Waals surface area contributed by atoms with Gasteiger partial charge in [-0.1, -0.05) is 27.2 Å². The summed E-state index contributed by atoms with van der Waals surface area (Å²) in [5.41, 5.74) is 0. The number of hydrogen-bond acceptors (Lipinski definition) is 1. The molecule has 1 heterocycles. The van der Waals surface area contributed by atoms with Gasteiger partial charge in [0.25, 0.3) is 0 Å². The summed E-state index contributed by atoms with van der Waals surface area (Å²) in [6, 6.07) is 0. The molecule has 0 bridgehead atoms. The summed E-state index contributed by atoms with van der Waals surface area (Å²) in [5.74, 6) is 2.73. The highest BCUT2D eigenvalue weighted by atomic mass is 32.2. The zero-order chi connectivity index (χ0) is 8.69. The molecule has 11 heavy (non-hydrogen) atoms. The van der Waals surface area contributed by atoms with Gasteiger partial charge in [0.2, 0.25) is 0 Å². The smallest absolute Gasteiger partial charge is 0.0263 e. The van der Waals surface area contributed by atoms with E-state index in [0.717, 1.165) is 17.4 Å². The SMILES string of the molecule is CC.CCCC1CCS(=O)C1. The molecule has 0 aliphatic carbocycles. The van der Waals surface area contributed by atoms with Crippen molar-refractivity contribution in [1.82, 2.24) is 0 Å². The molecular formula is C9H20OS. The Kier molecular flexibility index (Phi) is 6.93. The molecule has 2 atom stereocenters. The second kappa shape index (κ2) is 6.84. The molecule has 1 aliphatic rings. The van der Waals surface area contributed by atoms with Crippen LogP contribution in [0.25, 0.3) is 0 Å². The lowest BCUT2D eigenvalue weighted by atomic mass is 10.0. The monoisotopic (exact) mass is 176 g/mol. The fourth-order valence-electron chi connectivity index (χ4n) is 1.36. The van der Waals surface area contributed by atoms with Gasteiger partial charge in [0.1, 0.15) is 0 Å². The predicted octanol–water partition coefficient (Wildman–Crippen LogP) is 2.58. The average molecular weight is 176 g/mol. The van der Waals surface area contributed by atoms with Gasteiger partial charge in [-0.3, -0.25) is 4.21 Å². The van der Waals surface area contributed by atoms with Crippen LogP contribution in [-0.4, -0.2) is 15.7 Å². The van der Waals surface area contributed by atoms with Crippen LogP contribution < -0.4 is 0 Å². The molecule has 1 nitrogen and oxygen atoms in total. The van der Waals surface area contributed by atoms with Crippen LogP contribution in [0.15, 0.2) is 0 Å². The second-order valence-electron chi connectivity index (χ2n) is 2.75. The van der Waals surface area contributed by atoms with Gasteiger partial charge in [-0.25, -0.2) is 0 Å². The van der Waals surface area contributed by atoms with Crippen LogP contribution in [0.3, 0.4) is 0 Å². The van der Waals surface area contributed by atoms with E-state index in [9.17, 15) is 4.21 Å². The van der Waals surface area contributed by atoms with E-state index in [1.54, 1.807) is 0 Å². The van der Waals surface area contributed by atoms with E-state index in [0.29, 0.717) is 0 Å². The molecule has 1 aliphatic heterocycles. The van der Waals surface area contributed by atoms with Crippen LogP contribution in [0.5, 0.6) is 0 Å². The maximum atomic E-state index is 10.8. The minimum absolute atomic E-state index is 0.454. The normalized spacial score (nSPS) is 29.4. The van der Waals surface area contributed by atoms with E-state index in [1.165, 1.54) is 19.3 Å². The molecule has 1 rings (SSSR count). The highest BCUT2D eigenvalue weighted by Crippen LogP contribution is 2.19. The van der Waals surface area contributed by atoms with E-state index < -0.39 is 10.8 Å². The van der Waals surface area contributed by atoms with Gasteiger partial charge in [0, 0.05) is 22.3 Å². The van der Waals surface area contributed by atoms with Crippen molar-refractivity contribution in [2.45, 2.75) is 40.0 Å². The second-order valence-corrected chi connectivity index (χ2v) is 4.38. The van der Waals surface area contributed by atoms with Crippen LogP contribution in [0.2, 0.25) is 0 Å². The summed E-state index contributed by atoms with van der Waals surface area (Å²) in [6.07, 6.45) is 3.74. The van der Waals surface area contributed by atoms with Crippen molar-refractivity contribution in [2.24, 2.45) is 5.92 Å². The summed E-state index contributed by atoms with van der Waals surface area (Å²) >= 11 is 0. The van der Waals surface area contributed by atoms with Crippen LogP contribution in [0.1, 0.15) is 40.0 Å². The van der Waals surface area contributed by atoms with Gasteiger partial charge in [-0.15, -0.1) is 0 Å². The first-order valence-corrected chi connectivity index (χ1v) is 6.16. The molecule has 0 spiro atoms. The number of hydrogen-bond donors (Lipinski definition) is 0. The minimum atomic E-state index is -0.454. The van der Waals surface area contributed by atoms with E-state index in [4.69, 9.17) is 0 Å². The minimum Gasteiger partial charge on any atom is -0.260 e. The summed E-state index contributed by atoms with van der Waals surface area (Å²) in [7, 11) is -0.454. The molecule has 0 aromatic rings. The first kappa shape index (κ1) is 11.2. The highest BCUT2D eigenvalue weighted by molar-refractivity contribution is 7.85. The topological polar surface area (TPSA) is 17.1 Å². The molecule has 0 saturated carbocycles. The van der Waals surface area contributed by atoms with E-state index in [2.05, 4.69) is 6.92 Å². The van der Waals surface area contributed by atoms with Crippen LogP contribution in [0, 0.1) is 5.92 Å². The van der Waals surface area contributed by atoms with Gasteiger partial charge in [0.05, 0.1) is 0 Å². The van der Waals surface area contributed by atoms with Gasteiger partial charge in [-0.2, -0.15) is 0 Å².